The van der Waals surface area contributed by atoms with Crippen molar-refractivity contribution in [3.63, 3.8) is 0 Å². The van der Waals surface area contributed by atoms with Gasteiger partial charge in [0.05, 0.1) is 23.6 Å². The van der Waals surface area contributed by atoms with Crippen LogP contribution in [0.15, 0.2) is 30.5 Å². The summed E-state index contributed by atoms with van der Waals surface area (Å²) in [5.41, 5.74) is 3.73. The summed E-state index contributed by atoms with van der Waals surface area (Å²) >= 11 is 0. The topological polar surface area (TPSA) is 75.3 Å². The van der Waals surface area contributed by atoms with E-state index in [9.17, 15) is 13.2 Å². The van der Waals surface area contributed by atoms with Crippen LogP contribution >= 0.6 is 0 Å². The molecule has 3 aromatic heterocycles. The van der Waals surface area contributed by atoms with Crippen LogP contribution in [0, 0.1) is 6.92 Å². The zero-order valence-electron chi connectivity index (χ0n) is 18.6. The van der Waals surface area contributed by atoms with E-state index in [-0.39, 0.29) is 6.04 Å². The third kappa shape index (κ3) is 3.86. The van der Waals surface area contributed by atoms with Crippen molar-refractivity contribution < 1.29 is 13.2 Å². The Morgan fingerprint density at radius 2 is 2.00 bits per heavy atom. The van der Waals surface area contributed by atoms with Crippen LogP contribution in [0.25, 0.3) is 27.7 Å². The maximum Gasteiger partial charge on any atom is 0.256 e. The average Bonchev–Trinajstić information content (AvgIpc) is 3.42. The van der Waals surface area contributed by atoms with Crippen LogP contribution in [0.5, 0.6) is 0 Å². The standard InChI is InChI=1S/C22H25F3N8/c1-12-27-16-5-4-13(8-18(16)32(12)11-19(24)25)14-6-7-33-20(14)21(26-2)29-22(30-33)28-17-10-31(3)9-15(17)23/h4-8,15,17,19H,9-11H2,1-3H3,(H2,26,28,29,30). The summed E-state index contributed by atoms with van der Waals surface area (Å²) in [5.74, 6) is 1.45. The smallest absolute Gasteiger partial charge is 0.256 e. The van der Waals surface area contributed by atoms with Gasteiger partial charge in [-0.2, -0.15) is 4.98 Å². The van der Waals surface area contributed by atoms with Crippen molar-refractivity contribution in [3.05, 3.63) is 36.3 Å². The Kier molecular flexibility index (Phi) is 5.35. The number of fused-ring (bicyclic) bond motifs is 2. The molecule has 11 heteroatoms. The molecule has 0 bridgehead atoms. The highest BCUT2D eigenvalue weighted by Gasteiger charge is 2.31. The van der Waals surface area contributed by atoms with Crippen LogP contribution < -0.4 is 10.6 Å². The van der Waals surface area contributed by atoms with Crippen molar-refractivity contribution in [2.45, 2.75) is 32.1 Å². The van der Waals surface area contributed by atoms with E-state index in [1.807, 2.05) is 36.2 Å². The normalized spacial score (nSPS) is 19.2. The largest absolute Gasteiger partial charge is 0.371 e. The first-order valence-electron chi connectivity index (χ1n) is 10.8. The lowest BCUT2D eigenvalue weighted by atomic mass is 10.1. The van der Waals surface area contributed by atoms with E-state index < -0.39 is 19.1 Å². The minimum absolute atomic E-state index is 0.332. The number of hydrogen-bond donors (Lipinski definition) is 2. The number of benzene rings is 1. The second-order valence-corrected chi connectivity index (χ2v) is 8.41. The Morgan fingerprint density at radius 1 is 1.18 bits per heavy atom. The molecule has 4 heterocycles. The van der Waals surface area contributed by atoms with Crippen molar-refractivity contribution in [2.75, 3.05) is 37.8 Å². The number of alkyl halides is 3. The summed E-state index contributed by atoms with van der Waals surface area (Å²) in [6, 6.07) is 7.12. The summed E-state index contributed by atoms with van der Waals surface area (Å²) in [4.78, 5) is 10.9. The van der Waals surface area contributed by atoms with Gasteiger partial charge in [-0.05, 0) is 37.7 Å². The molecule has 0 aliphatic carbocycles. The number of nitrogens with one attached hydrogen (secondary N) is 2. The molecule has 0 spiro atoms. The average molecular weight is 458 g/mol. The van der Waals surface area contributed by atoms with E-state index in [4.69, 9.17) is 0 Å². The van der Waals surface area contributed by atoms with Crippen molar-refractivity contribution >= 4 is 28.3 Å². The SMILES string of the molecule is CNc1nc(NC2CN(C)CC2F)nn2ccc(-c3ccc4nc(C)n(CC(F)F)c4c3)c12. The molecule has 1 saturated heterocycles. The fraction of sp³-hybridized carbons (Fsp3) is 0.409. The molecule has 2 N–H and O–H groups in total. The van der Waals surface area contributed by atoms with Gasteiger partial charge in [-0.3, -0.25) is 0 Å². The van der Waals surface area contributed by atoms with E-state index in [2.05, 4.69) is 25.7 Å². The first-order chi connectivity index (χ1) is 15.8. The van der Waals surface area contributed by atoms with Crippen LogP contribution in [0.2, 0.25) is 0 Å². The summed E-state index contributed by atoms with van der Waals surface area (Å²) in [7, 11) is 3.63. The highest BCUT2D eigenvalue weighted by Crippen LogP contribution is 2.32. The van der Waals surface area contributed by atoms with E-state index >= 15 is 0 Å². The molecule has 33 heavy (non-hydrogen) atoms. The van der Waals surface area contributed by atoms with Crippen molar-refractivity contribution in [2.24, 2.45) is 0 Å². The second-order valence-electron chi connectivity index (χ2n) is 8.41. The lowest BCUT2D eigenvalue weighted by molar-refractivity contribution is 0.127. The molecule has 174 valence electrons. The van der Waals surface area contributed by atoms with E-state index in [0.29, 0.717) is 41.7 Å². The number of aromatic nitrogens is 5. The van der Waals surface area contributed by atoms with Crippen molar-refractivity contribution in [1.29, 1.82) is 0 Å². The Labute approximate surface area is 188 Å². The molecule has 2 atom stereocenters. The maximum atomic E-state index is 14.3. The number of hydrogen-bond acceptors (Lipinski definition) is 6. The van der Waals surface area contributed by atoms with Crippen molar-refractivity contribution in [3.8, 4) is 11.1 Å². The number of likely N-dealkylation sites (tertiary alicyclic amines) is 1. The minimum Gasteiger partial charge on any atom is -0.371 e. The fourth-order valence-corrected chi connectivity index (χ4v) is 4.52. The molecule has 2 unspecified atom stereocenters. The molecule has 1 aromatic carbocycles. The number of anilines is 2. The zero-order chi connectivity index (χ0) is 23.3. The highest BCUT2D eigenvalue weighted by atomic mass is 19.3. The van der Waals surface area contributed by atoms with Crippen molar-refractivity contribution in [1.82, 2.24) is 29.0 Å². The molecule has 0 saturated carbocycles. The number of rotatable bonds is 6. The number of nitrogens with zero attached hydrogens (tertiary/aromatic N) is 6. The summed E-state index contributed by atoms with van der Waals surface area (Å²) < 4.78 is 43.7. The Bertz CT molecular complexity index is 1310. The van der Waals surface area contributed by atoms with Gasteiger partial charge in [0.2, 0.25) is 5.95 Å². The van der Waals surface area contributed by atoms with Gasteiger partial charge in [0.1, 0.15) is 17.5 Å². The molecular formula is C22H25F3N8. The first-order valence-corrected chi connectivity index (χ1v) is 10.8. The van der Waals surface area contributed by atoms with Gasteiger partial charge >= 0.3 is 0 Å². The minimum atomic E-state index is -2.47. The lowest BCUT2D eigenvalue weighted by Crippen LogP contribution is -2.30. The molecule has 5 rings (SSSR count). The van der Waals surface area contributed by atoms with Crippen LogP contribution in [0.3, 0.4) is 0 Å². The maximum absolute atomic E-state index is 14.3. The van der Waals surface area contributed by atoms with Crippen LogP contribution in [-0.2, 0) is 6.54 Å². The molecule has 1 aliphatic rings. The predicted octanol–water partition coefficient (Wildman–Crippen LogP) is 3.43. The fourth-order valence-electron chi connectivity index (χ4n) is 4.52. The third-order valence-corrected chi connectivity index (χ3v) is 6.06. The summed E-state index contributed by atoms with van der Waals surface area (Å²) in [5, 5.41) is 10.7. The molecule has 1 fully saturated rings. The van der Waals surface area contributed by atoms with Gasteiger partial charge in [0, 0.05) is 31.9 Å². The number of halogens is 3. The van der Waals surface area contributed by atoms with E-state index in [0.717, 1.165) is 16.6 Å². The quantitative estimate of drug-likeness (QED) is 0.461. The van der Waals surface area contributed by atoms with Gasteiger partial charge in [-0.25, -0.2) is 22.7 Å². The zero-order valence-corrected chi connectivity index (χ0v) is 18.6. The molecule has 0 amide bonds. The number of likely N-dealkylation sites (N-methyl/N-ethyl adjacent to an activating group) is 1. The predicted molar refractivity (Wildman–Crippen MR) is 122 cm³/mol. The Morgan fingerprint density at radius 3 is 2.70 bits per heavy atom. The Balaban J connectivity index is 1.56. The molecule has 1 aliphatic heterocycles. The van der Waals surface area contributed by atoms with Gasteiger partial charge < -0.3 is 20.1 Å². The highest BCUT2D eigenvalue weighted by molar-refractivity contribution is 5.92. The summed E-state index contributed by atoms with van der Waals surface area (Å²) in [6.07, 6.45) is -1.67. The monoisotopic (exact) mass is 458 g/mol. The number of imidazole rings is 1. The second kappa shape index (κ2) is 8.22. The van der Waals surface area contributed by atoms with Gasteiger partial charge in [0.25, 0.3) is 6.43 Å². The number of aryl methyl sites for hydroxylation is 1. The van der Waals surface area contributed by atoms with Crippen LogP contribution in [-0.4, -0.2) is 74.9 Å². The molecule has 8 nitrogen and oxygen atoms in total. The molecular weight excluding hydrogens is 433 g/mol. The van der Waals surface area contributed by atoms with E-state index in [1.165, 1.54) is 4.57 Å². The van der Waals surface area contributed by atoms with Gasteiger partial charge in [0.15, 0.2) is 5.82 Å². The Hall–Kier alpha value is -3.34. The molecule has 0 radical (unpaired) electrons. The van der Waals surface area contributed by atoms with Gasteiger partial charge in [-0.1, -0.05) is 6.07 Å². The molecule has 4 aromatic rings. The summed E-state index contributed by atoms with van der Waals surface area (Å²) in [6.45, 7) is 2.26. The van der Waals surface area contributed by atoms with Crippen LogP contribution in [0.4, 0.5) is 24.9 Å². The van der Waals surface area contributed by atoms with Crippen LogP contribution in [0.1, 0.15) is 5.82 Å². The third-order valence-electron chi connectivity index (χ3n) is 6.06. The van der Waals surface area contributed by atoms with Gasteiger partial charge in [-0.15, -0.1) is 5.10 Å². The van der Waals surface area contributed by atoms with E-state index in [1.54, 1.807) is 24.7 Å². The lowest BCUT2D eigenvalue weighted by Gasteiger charge is -2.16. The first kappa shape index (κ1) is 21.5.